The fraction of sp³-hybridized carbons (Fsp3) is 1.00. The molecule has 0 radical (unpaired) electrons. The number of hydrogen-bond donors (Lipinski definition) is 1. The van der Waals surface area contributed by atoms with Crippen LogP contribution >= 0.6 is 0 Å². The summed E-state index contributed by atoms with van der Waals surface area (Å²) in [6.07, 6.45) is 8.75. The minimum atomic E-state index is 0.523. The summed E-state index contributed by atoms with van der Waals surface area (Å²) in [6, 6.07) is 0. The van der Waals surface area contributed by atoms with Gasteiger partial charge in [-0.05, 0) is 36.6 Å². The van der Waals surface area contributed by atoms with Gasteiger partial charge in [0.05, 0.1) is 0 Å². The van der Waals surface area contributed by atoms with Gasteiger partial charge in [0.25, 0.3) is 0 Å². The van der Waals surface area contributed by atoms with E-state index in [2.05, 4.69) is 6.92 Å². The Bertz CT molecular complexity index is 166. The summed E-state index contributed by atoms with van der Waals surface area (Å²) < 4.78 is 0. The quantitative estimate of drug-likeness (QED) is 0.638. The minimum Gasteiger partial charge on any atom is -0.330 e. The molecule has 0 aromatic heterocycles. The van der Waals surface area contributed by atoms with Crippen LogP contribution in [0.15, 0.2) is 0 Å². The van der Waals surface area contributed by atoms with Crippen molar-refractivity contribution in [2.24, 2.45) is 23.0 Å². The van der Waals surface area contributed by atoms with Crippen molar-refractivity contribution in [1.82, 2.24) is 0 Å². The molecule has 2 rings (SSSR count). The molecule has 0 heterocycles. The van der Waals surface area contributed by atoms with Crippen LogP contribution in [0.5, 0.6) is 0 Å². The Kier molecular flexibility index (Phi) is 2.16. The van der Waals surface area contributed by atoms with Gasteiger partial charge in [0, 0.05) is 0 Å². The van der Waals surface area contributed by atoms with Gasteiger partial charge in [0.1, 0.15) is 0 Å². The first-order valence-electron chi connectivity index (χ1n) is 5.46. The molecular weight excluding hydrogens is 146 g/mol. The van der Waals surface area contributed by atoms with Gasteiger partial charge in [-0.3, -0.25) is 0 Å². The fourth-order valence-corrected chi connectivity index (χ4v) is 3.37. The number of nitrogens with two attached hydrogens (primary N) is 1. The number of rotatable bonds is 1. The first-order chi connectivity index (χ1) is 5.76. The zero-order valence-corrected chi connectivity index (χ0v) is 8.18. The Morgan fingerprint density at radius 2 is 2.00 bits per heavy atom. The van der Waals surface area contributed by atoms with Gasteiger partial charge >= 0.3 is 0 Å². The van der Waals surface area contributed by atoms with Crippen molar-refractivity contribution in [2.75, 3.05) is 6.54 Å². The molecule has 0 spiro atoms. The van der Waals surface area contributed by atoms with Crippen LogP contribution < -0.4 is 5.73 Å². The molecule has 12 heavy (non-hydrogen) atoms. The molecule has 70 valence electrons. The maximum Gasteiger partial charge on any atom is -0.00203 e. The first-order valence-corrected chi connectivity index (χ1v) is 5.46. The van der Waals surface area contributed by atoms with Gasteiger partial charge in [-0.1, -0.05) is 32.6 Å². The van der Waals surface area contributed by atoms with Crippen molar-refractivity contribution in [3.63, 3.8) is 0 Å². The van der Waals surface area contributed by atoms with Crippen molar-refractivity contribution in [2.45, 2.75) is 45.4 Å². The monoisotopic (exact) mass is 167 g/mol. The molecule has 2 aliphatic carbocycles. The van der Waals surface area contributed by atoms with E-state index >= 15 is 0 Å². The van der Waals surface area contributed by atoms with Crippen molar-refractivity contribution >= 4 is 0 Å². The third-order valence-electron chi connectivity index (χ3n) is 4.25. The predicted octanol–water partition coefficient (Wildman–Crippen LogP) is 2.55. The molecule has 0 aliphatic heterocycles. The van der Waals surface area contributed by atoms with Crippen molar-refractivity contribution in [3.05, 3.63) is 0 Å². The van der Waals surface area contributed by atoms with E-state index in [4.69, 9.17) is 5.73 Å². The number of hydrogen-bond acceptors (Lipinski definition) is 1. The van der Waals surface area contributed by atoms with E-state index in [0.717, 1.165) is 18.4 Å². The Morgan fingerprint density at radius 1 is 1.25 bits per heavy atom. The van der Waals surface area contributed by atoms with Gasteiger partial charge in [0.15, 0.2) is 0 Å². The second kappa shape index (κ2) is 3.02. The van der Waals surface area contributed by atoms with Crippen LogP contribution in [0.4, 0.5) is 0 Å². The first kappa shape index (κ1) is 8.55. The smallest absolute Gasteiger partial charge is 0.00203 e. The summed E-state index contributed by atoms with van der Waals surface area (Å²) in [4.78, 5) is 0. The minimum absolute atomic E-state index is 0.523. The van der Waals surface area contributed by atoms with E-state index in [1.807, 2.05) is 0 Å². The Morgan fingerprint density at radius 3 is 2.75 bits per heavy atom. The maximum absolute atomic E-state index is 5.83. The highest BCUT2D eigenvalue weighted by molar-refractivity contribution is 4.99. The molecule has 2 fully saturated rings. The maximum atomic E-state index is 5.83. The van der Waals surface area contributed by atoms with Crippen LogP contribution in [0.2, 0.25) is 0 Å². The van der Waals surface area contributed by atoms with E-state index in [1.54, 1.807) is 0 Å². The number of fused-ring (bicyclic) bond motifs is 1. The van der Waals surface area contributed by atoms with Gasteiger partial charge < -0.3 is 5.73 Å². The molecule has 2 aliphatic rings. The van der Waals surface area contributed by atoms with Crippen LogP contribution in [0.25, 0.3) is 0 Å². The standard InChI is InChI=1S/C11H21N/c1-11(8-12)7-9-5-3-2-4-6-10(9)11/h9-10H,2-8,12H2,1H3/t9-,10-,11+/m1/s1. The SMILES string of the molecule is C[C@@]1(CN)C[C@H]2CCCCC[C@H]21. The van der Waals surface area contributed by atoms with Gasteiger partial charge in [-0.25, -0.2) is 0 Å². The second-order valence-electron chi connectivity index (χ2n) is 5.07. The molecule has 0 amide bonds. The van der Waals surface area contributed by atoms with Crippen LogP contribution in [-0.4, -0.2) is 6.54 Å². The average molecular weight is 167 g/mol. The van der Waals surface area contributed by atoms with Crippen LogP contribution in [0, 0.1) is 17.3 Å². The highest BCUT2D eigenvalue weighted by atomic mass is 14.7. The molecule has 3 atom stereocenters. The van der Waals surface area contributed by atoms with Crippen LogP contribution in [0.3, 0.4) is 0 Å². The van der Waals surface area contributed by atoms with Crippen LogP contribution in [0.1, 0.15) is 45.4 Å². The Labute approximate surface area is 75.7 Å². The lowest BCUT2D eigenvalue weighted by Gasteiger charge is -2.53. The average Bonchev–Trinajstić information content (AvgIpc) is 2.26. The third-order valence-corrected chi connectivity index (χ3v) is 4.25. The summed E-state index contributed by atoms with van der Waals surface area (Å²) in [6.45, 7) is 3.30. The highest BCUT2D eigenvalue weighted by Gasteiger charge is 2.48. The van der Waals surface area contributed by atoms with E-state index in [-0.39, 0.29) is 0 Å². The zero-order valence-electron chi connectivity index (χ0n) is 8.18. The molecule has 0 aromatic carbocycles. The second-order valence-corrected chi connectivity index (χ2v) is 5.07. The lowest BCUT2D eigenvalue weighted by atomic mass is 9.53. The van der Waals surface area contributed by atoms with E-state index in [0.29, 0.717) is 5.41 Å². The Hall–Kier alpha value is -0.0400. The van der Waals surface area contributed by atoms with E-state index in [9.17, 15) is 0 Å². The highest BCUT2D eigenvalue weighted by Crippen LogP contribution is 2.55. The summed E-state index contributed by atoms with van der Waals surface area (Å²) in [5.41, 5.74) is 6.35. The lowest BCUT2D eigenvalue weighted by molar-refractivity contribution is -0.0243. The summed E-state index contributed by atoms with van der Waals surface area (Å²) in [7, 11) is 0. The molecule has 0 saturated heterocycles. The van der Waals surface area contributed by atoms with E-state index < -0.39 is 0 Å². The van der Waals surface area contributed by atoms with Crippen LogP contribution in [-0.2, 0) is 0 Å². The molecule has 1 nitrogen and oxygen atoms in total. The molecule has 0 bridgehead atoms. The molecule has 0 aromatic rings. The molecular formula is C11H21N. The topological polar surface area (TPSA) is 26.0 Å². The zero-order chi connectivity index (χ0) is 8.60. The molecule has 0 unspecified atom stereocenters. The molecule has 1 heteroatoms. The normalized spacial score (nSPS) is 47.5. The molecule has 2 saturated carbocycles. The van der Waals surface area contributed by atoms with Gasteiger partial charge in [0.2, 0.25) is 0 Å². The summed E-state index contributed by atoms with van der Waals surface area (Å²) in [5, 5.41) is 0. The van der Waals surface area contributed by atoms with Crippen molar-refractivity contribution < 1.29 is 0 Å². The third kappa shape index (κ3) is 1.19. The van der Waals surface area contributed by atoms with Gasteiger partial charge in [-0.15, -0.1) is 0 Å². The summed E-state index contributed by atoms with van der Waals surface area (Å²) >= 11 is 0. The molecule has 2 N–H and O–H groups in total. The predicted molar refractivity (Wildman–Crippen MR) is 51.8 cm³/mol. The largest absolute Gasteiger partial charge is 0.330 e. The fourth-order valence-electron chi connectivity index (χ4n) is 3.37. The van der Waals surface area contributed by atoms with Gasteiger partial charge in [-0.2, -0.15) is 0 Å². The summed E-state index contributed by atoms with van der Waals surface area (Å²) in [5.74, 6) is 2.02. The van der Waals surface area contributed by atoms with Crippen molar-refractivity contribution in [1.29, 1.82) is 0 Å². The lowest BCUT2D eigenvalue weighted by Crippen LogP contribution is -2.49. The Balaban J connectivity index is 2.00. The van der Waals surface area contributed by atoms with Crippen molar-refractivity contribution in [3.8, 4) is 0 Å². The van der Waals surface area contributed by atoms with E-state index in [1.165, 1.54) is 38.5 Å².